The number of carbonyl (C=O) groups is 1. The number of methoxy groups -OCH3 is 1. The van der Waals surface area contributed by atoms with Crippen molar-refractivity contribution >= 4 is 28.6 Å². The van der Waals surface area contributed by atoms with E-state index in [0.29, 0.717) is 52.4 Å². The van der Waals surface area contributed by atoms with Crippen molar-refractivity contribution in [2.45, 2.75) is 36.8 Å². The Morgan fingerprint density at radius 3 is 2.86 bits per heavy atom. The van der Waals surface area contributed by atoms with Gasteiger partial charge in [-0.1, -0.05) is 0 Å². The van der Waals surface area contributed by atoms with Crippen LogP contribution < -0.4 is 10.5 Å². The number of nitrogens with two attached hydrogens (primary N) is 1. The van der Waals surface area contributed by atoms with Gasteiger partial charge in [-0.3, -0.25) is 9.78 Å². The lowest BCUT2D eigenvalue weighted by Gasteiger charge is -2.38. The van der Waals surface area contributed by atoms with Crippen molar-refractivity contribution in [3.63, 3.8) is 0 Å². The second-order valence-electron chi connectivity index (χ2n) is 9.43. The number of aromatic nitrogens is 2. The maximum Gasteiger partial charge on any atom is 0.303 e. The molecular weight excluding hydrogens is 498 g/mol. The number of carboxylic acids is 1. The highest BCUT2D eigenvalue weighted by molar-refractivity contribution is 7.99. The number of hydrogen-bond acceptors (Lipinski definition) is 7. The minimum Gasteiger partial charge on any atom is -0.497 e. The van der Waals surface area contributed by atoms with E-state index in [0.717, 1.165) is 19.5 Å². The number of aliphatic carboxylic acids is 1. The van der Waals surface area contributed by atoms with Gasteiger partial charge in [0.1, 0.15) is 16.6 Å². The Bertz CT molecular complexity index is 1230. The first-order chi connectivity index (χ1) is 17.9. The van der Waals surface area contributed by atoms with E-state index in [4.69, 9.17) is 10.5 Å². The van der Waals surface area contributed by atoms with Crippen molar-refractivity contribution in [1.29, 1.82) is 0 Å². The molecule has 4 rings (SSSR count). The van der Waals surface area contributed by atoms with Gasteiger partial charge in [-0.25, -0.2) is 13.8 Å². The van der Waals surface area contributed by atoms with Crippen molar-refractivity contribution in [2.75, 3.05) is 32.5 Å². The predicted molar refractivity (Wildman–Crippen MR) is 140 cm³/mol. The van der Waals surface area contributed by atoms with Gasteiger partial charge in [0, 0.05) is 48.5 Å². The van der Waals surface area contributed by atoms with E-state index >= 15 is 0 Å². The lowest BCUT2D eigenvalue weighted by atomic mass is 9.79. The maximum atomic E-state index is 14.8. The number of piperidine rings is 1. The number of fused-ring (bicyclic) bond motifs is 1. The van der Waals surface area contributed by atoms with E-state index in [9.17, 15) is 18.7 Å². The molecule has 1 aromatic carbocycles. The van der Waals surface area contributed by atoms with Crippen molar-refractivity contribution in [2.24, 2.45) is 17.6 Å². The second-order valence-corrected chi connectivity index (χ2v) is 10.5. The molecule has 3 atom stereocenters. The van der Waals surface area contributed by atoms with Crippen LogP contribution in [0.2, 0.25) is 0 Å². The highest BCUT2D eigenvalue weighted by atomic mass is 32.2. The molecule has 0 aliphatic carbocycles. The van der Waals surface area contributed by atoms with Gasteiger partial charge in [0.15, 0.2) is 5.82 Å². The molecule has 3 aromatic rings. The zero-order valence-electron chi connectivity index (χ0n) is 20.8. The predicted octanol–water partition coefficient (Wildman–Crippen LogP) is 4.90. The number of halogens is 2. The maximum absolute atomic E-state index is 14.8. The van der Waals surface area contributed by atoms with E-state index in [2.05, 4.69) is 14.9 Å². The summed E-state index contributed by atoms with van der Waals surface area (Å²) < 4.78 is 34.0. The van der Waals surface area contributed by atoms with E-state index in [1.807, 2.05) is 0 Å². The number of pyridine rings is 2. The monoisotopic (exact) mass is 530 g/mol. The van der Waals surface area contributed by atoms with Crippen LogP contribution in [0.15, 0.2) is 47.8 Å². The standard InChI is InChI=1S/C27H32F2N4O3S/c1-36-19-5-7-24-20(14-19)26(22(29)15-32-24)23(30)6-4-17-8-10-33(16-18(17)13-25(34)35)11-12-37-27-21(28)3-2-9-31-27/h2-3,5,7,9,14-15,17-18,23H,4,6,8,10-13,16,30H2,1H3,(H,34,35). The topological polar surface area (TPSA) is 102 Å². The lowest BCUT2D eigenvalue weighted by molar-refractivity contribution is -0.139. The average molecular weight is 531 g/mol. The Morgan fingerprint density at radius 1 is 1.27 bits per heavy atom. The van der Waals surface area contributed by atoms with E-state index in [1.165, 1.54) is 24.0 Å². The molecule has 3 unspecified atom stereocenters. The Balaban J connectivity index is 1.38. The van der Waals surface area contributed by atoms with E-state index in [-0.39, 0.29) is 24.1 Å². The Labute approximate surface area is 219 Å². The molecule has 2 aromatic heterocycles. The quantitative estimate of drug-likeness (QED) is 0.338. The van der Waals surface area contributed by atoms with E-state index < -0.39 is 17.8 Å². The number of hydrogen-bond donors (Lipinski definition) is 2. The molecule has 7 nitrogen and oxygen atoms in total. The molecule has 3 heterocycles. The summed E-state index contributed by atoms with van der Waals surface area (Å²) in [7, 11) is 1.55. The van der Waals surface area contributed by atoms with Crippen LogP contribution >= 0.6 is 11.8 Å². The van der Waals surface area contributed by atoms with Gasteiger partial charge >= 0.3 is 5.97 Å². The van der Waals surface area contributed by atoms with Crippen molar-refractivity contribution in [3.8, 4) is 5.75 Å². The number of benzene rings is 1. The summed E-state index contributed by atoms with van der Waals surface area (Å²) in [6.45, 7) is 2.20. The van der Waals surface area contributed by atoms with Gasteiger partial charge in [-0.2, -0.15) is 0 Å². The van der Waals surface area contributed by atoms with E-state index in [1.54, 1.807) is 37.6 Å². The van der Waals surface area contributed by atoms with Crippen LogP contribution in [0.4, 0.5) is 8.78 Å². The molecule has 37 heavy (non-hydrogen) atoms. The van der Waals surface area contributed by atoms with Crippen LogP contribution in [0, 0.1) is 23.5 Å². The molecule has 0 spiro atoms. The van der Waals surface area contributed by atoms with Crippen LogP contribution in [0.5, 0.6) is 5.75 Å². The Morgan fingerprint density at radius 2 is 2.11 bits per heavy atom. The molecule has 0 saturated carbocycles. The van der Waals surface area contributed by atoms with Crippen LogP contribution in [0.3, 0.4) is 0 Å². The number of nitrogens with zero attached hydrogens (tertiary/aromatic N) is 3. The summed E-state index contributed by atoms with van der Waals surface area (Å²) in [4.78, 5) is 22.1. The number of likely N-dealkylation sites (tertiary alicyclic amines) is 1. The summed E-state index contributed by atoms with van der Waals surface area (Å²) in [6, 6.07) is 7.72. The minimum atomic E-state index is -0.829. The smallest absolute Gasteiger partial charge is 0.303 e. The molecule has 10 heteroatoms. The normalized spacial score (nSPS) is 19.1. The molecule has 1 aliphatic heterocycles. The van der Waals surface area contributed by atoms with Crippen LogP contribution in [-0.2, 0) is 4.79 Å². The van der Waals surface area contributed by atoms with Gasteiger partial charge in [-0.05, 0) is 68.0 Å². The minimum absolute atomic E-state index is 0.0332. The third-order valence-electron chi connectivity index (χ3n) is 7.07. The van der Waals surface area contributed by atoms with Crippen molar-refractivity contribution < 1.29 is 23.4 Å². The summed E-state index contributed by atoms with van der Waals surface area (Å²) in [6.07, 6.45) is 4.91. The first kappa shape index (κ1) is 27.2. The molecule has 1 aliphatic rings. The Hall–Kier alpha value is -2.82. The molecule has 198 valence electrons. The van der Waals surface area contributed by atoms with Gasteiger partial charge < -0.3 is 20.5 Å². The van der Waals surface area contributed by atoms with Gasteiger partial charge in [-0.15, -0.1) is 11.8 Å². The SMILES string of the molecule is COc1ccc2ncc(F)c(C(N)CCC3CCN(CCSc4ncccc4F)CC3CC(=O)O)c2c1. The number of rotatable bonds is 11. The zero-order chi connectivity index (χ0) is 26.4. The highest BCUT2D eigenvalue weighted by Gasteiger charge is 2.31. The summed E-state index contributed by atoms with van der Waals surface area (Å²) in [5.74, 6) is -0.203. The van der Waals surface area contributed by atoms with Gasteiger partial charge in [0.2, 0.25) is 0 Å². The fourth-order valence-corrected chi connectivity index (χ4v) is 6.04. The second kappa shape index (κ2) is 12.6. The van der Waals surface area contributed by atoms with Crippen LogP contribution in [-0.4, -0.2) is 58.4 Å². The zero-order valence-corrected chi connectivity index (χ0v) is 21.6. The summed E-state index contributed by atoms with van der Waals surface area (Å²) in [5.41, 5.74) is 7.56. The number of carboxylic acid groups (broad SMARTS) is 1. The third kappa shape index (κ3) is 6.94. The van der Waals surface area contributed by atoms with Gasteiger partial charge in [0.05, 0.1) is 18.8 Å². The summed E-state index contributed by atoms with van der Waals surface area (Å²) >= 11 is 1.36. The third-order valence-corrected chi connectivity index (χ3v) is 8.03. The average Bonchev–Trinajstić information content (AvgIpc) is 2.88. The Kier molecular flexibility index (Phi) is 9.28. The molecule has 1 fully saturated rings. The van der Waals surface area contributed by atoms with Crippen molar-refractivity contribution in [1.82, 2.24) is 14.9 Å². The molecule has 1 saturated heterocycles. The first-order valence-corrected chi connectivity index (χ1v) is 13.4. The highest BCUT2D eigenvalue weighted by Crippen LogP contribution is 2.35. The largest absolute Gasteiger partial charge is 0.497 e. The van der Waals surface area contributed by atoms with Crippen molar-refractivity contribution in [3.05, 3.63) is 59.9 Å². The molecule has 3 N–H and O–H groups in total. The number of thioether (sulfide) groups is 1. The molecule has 0 radical (unpaired) electrons. The lowest BCUT2D eigenvalue weighted by Crippen LogP contribution is -2.42. The molecule has 0 amide bonds. The van der Waals surface area contributed by atoms with Crippen LogP contribution in [0.25, 0.3) is 10.9 Å². The first-order valence-electron chi connectivity index (χ1n) is 12.4. The molecule has 0 bridgehead atoms. The van der Waals surface area contributed by atoms with Gasteiger partial charge in [0.25, 0.3) is 0 Å². The summed E-state index contributed by atoms with van der Waals surface area (Å²) in [5, 5.41) is 10.5. The van der Waals surface area contributed by atoms with Crippen LogP contribution in [0.1, 0.15) is 37.3 Å². The fourth-order valence-electron chi connectivity index (χ4n) is 5.15. The fraction of sp³-hybridized carbons (Fsp3) is 0.444. The molecular formula is C27H32F2N4O3S. The number of ether oxygens (including phenoxy) is 1.